The number of benzene rings is 2. The Morgan fingerprint density at radius 1 is 0.714 bits per heavy atom. The van der Waals surface area contributed by atoms with Gasteiger partial charge in [-0.15, -0.1) is 0 Å². The molecule has 2 aromatic rings. The number of rotatable bonds is 2. The third-order valence-corrected chi connectivity index (χ3v) is 10.8. The third kappa shape index (κ3) is 2.09. The van der Waals surface area contributed by atoms with Crippen molar-refractivity contribution in [1.82, 2.24) is 0 Å². The van der Waals surface area contributed by atoms with Gasteiger partial charge in [0, 0.05) is 12.8 Å². The molecule has 1 heterocycles. The van der Waals surface area contributed by atoms with Gasteiger partial charge in [0.2, 0.25) is 0 Å². The van der Waals surface area contributed by atoms with Gasteiger partial charge in [0.25, 0.3) is 0 Å². The number of Topliss-reactive ketones (excluding diaryl/α,β-unsaturated/α-hetero) is 1. The molecule has 2 heteroatoms. The minimum atomic E-state index is -1.66. The first-order valence-corrected chi connectivity index (χ1v) is 10.3. The molecule has 0 bridgehead atoms. The van der Waals surface area contributed by atoms with Gasteiger partial charge in [-0.25, -0.2) is 0 Å². The molecule has 4 rings (SSSR count). The SMILES string of the molecule is O=C1C[C@@H]2C[Si](c3ccccc3)(c3ccccc3)C[C@H]2C1. The van der Waals surface area contributed by atoms with Crippen LogP contribution in [0.1, 0.15) is 12.8 Å². The fourth-order valence-electron chi connectivity index (χ4n) is 4.61. The van der Waals surface area contributed by atoms with Crippen molar-refractivity contribution < 1.29 is 4.79 Å². The summed E-state index contributed by atoms with van der Waals surface area (Å²) in [5.41, 5.74) is 0. The van der Waals surface area contributed by atoms with Crippen LogP contribution in [0, 0.1) is 11.8 Å². The zero-order chi connectivity index (χ0) is 14.3. The van der Waals surface area contributed by atoms with Crippen molar-refractivity contribution in [2.45, 2.75) is 24.9 Å². The average Bonchev–Trinajstić information content (AvgIpc) is 3.04. The normalized spacial score (nSPS) is 26.8. The average molecular weight is 292 g/mol. The number of fused-ring (bicyclic) bond motifs is 1. The van der Waals surface area contributed by atoms with E-state index in [0.29, 0.717) is 17.6 Å². The number of ketones is 1. The summed E-state index contributed by atoms with van der Waals surface area (Å²) in [5, 5.41) is 3.11. The first-order valence-electron chi connectivity index (χ1n) is 7.91. The molecule has 2 atom stereocenters. The van der Waals surface area contributed by atoms with Crippen LogP contribution in [0.15, 0.2) is 60.7 Å². The Bertz CT molecular complexity index is 592. The van der Waals surface area contributed by atoms with Crippen molar-refractivity contribution in [3.63, 3.8) is 0 Å². The topological polar surface area (TPSA) is 17.1 Å². The molecule has 0 spiro atoms. The molecule has 1 aliphatic heterocycles. The van der Waals surface area contributed by atoms with E-state index in [1.54, 1.807) is 10.4 Å². The molecule has 0 radical (unpaired) electrons. The second kappa shape index (κ2) is 4.95. The summed E-state index contributed by atoms with van der Waals surface area (Å²) in [4.78, 5) is 11.8. The predicted molar refractivity (Wildman–Crippen MR) is 88.7 cm³/mol. The van der Waals surface area contributed by atoms with Crippen molar-refractivity contribution in [3.05, 3.63) is 60.7 Å². The summed E-state index contributed by atoms with van der Waals surface area (Å²) in [6.07, 6.45) is 1.66. The number of hydrogen-bond acceptors (Lipinski definition) is 1. The molecule has 2 fully saturated rings. The van der Waals surface area contributed by atoms with E-state index in [2.05, 4.69) is 60.7 Å². The van der Waals surface area contributed by atoms with Crippen molar-refractivity contribution in [1.29, 1.82) is 0 Å². The van der Waals surface area contributed by atoms with E-state index in [1.165, 1.54) is 12.1 Å². The molecular formula is C19H20OSi. The number of carbonyl (C=O) groups excluding carboxylic acids is 1. The van der Waals surface area contributed by atoms with Gasteiger partial charge in [-0.05, 0) is 23.9 Å². The van der Waals surface area contributed by atoms with Gasteiger partial charge in [-0.1, -0.05) is 71.0 Å². The van der Waals surface area contributed by atoms with Crippen LogP contribution in [-0.2, 0) is 4.79 Å². The molecule has 0 amide bonds. The van der Waals surface area contributed by atoms with Crippen molar-refractivity contribution >= 4 is 24.2 Å². The van der Waals surface area contributed by atoms with Crippen LogP contribution >= 0.6 is 0 Å². The molecule has 1 aliphatic carbocycles. The van der Waals surface area contributed by atoms with E-state index in [-0.39, 0.29) is 0 Å². The van der Waals surface area contributed by atoms with Crippen LogP contribution in [0.4, 0.5) is 0 Å². The maximum Gasteiger partial charge on any atom is 0.133 e. The highest BCUT2D eigenvalue weighted by molar-refractivity contribution is 7.02. The van der Waals surface area contributed by atoms with E-state index >= 15 is 0 Å². The zero-order valence-corrected chi connectivity index (χ0v) is 13.2. The van der Waals surface area contributed by atoms with Gasteiger partial charge in [-0.3, -0.25) is 4.79 Å². The zero-order valence-electron chi connectivity index (χ0n) is 12.2. The third-order valence-electron chi connectivity index (χ3n) is 5.52. The molecular weight excluding hydrogens is 272 g/mol. The van der Waals surface area contributed by atoms with Crippen LogP contribution in [0.25, 0.3) is 0 Å². The highest BCUT2D eigenvalue weighted by Crippen LogP contribution is 2.47. The molecule has 106 valence electrons. The van der Waals surface area contributed by atoms with Gasteiger partial charge in [0.1, 0.15) is 13.9 Å². The quantitative estimate of drug-likeness (QED) is 0.778. The van der Waals surface area contributed by atoms with Crippen molar-refractivity contribution in [2.75, 3.05) is 0 Å². The van der Waals surface area contributed by atoms with Gasteiger partial charge < -0.3 is 0 Å². The second-order valence-electron chi connectivity index (χ2n) is 6.69. The molecule has 0 N–H and O–H groups in total. The van der Waals surface area contributed by atoms with Gasteiger partial charge in [-0.2, -0.15) is 0 Å². The minimum absolute atomic E-state index is 0.494. The number of hydrogen-bond donors (Lipinski definition) is 0. The van der Waals surface area contributed by atoms with E-state index in [9.17, 15) is 4.79 Å². The van der Waals surface area contributed by atoms with Crippen LogP contribution in [0.3, 0.4) is 0 Å². The van der Waals surface area contributed by atoms with E-state index in [1.807, 2.05) is 0 Å². The Morgan fingerprint density at radius 2 is 1.14 bits per heavy atom. The first kappa shape index (κ1) is 13.0. The summed E-state index contributed by atoms with van der Waals surface area (Å²) in [7, 11) is -1.66. The highest BCUT2D eigenvalue weighted by Gasteiger charge is 2.52. The predicted octanol–water partition coefficient (Wildman–Crippen LogP) is 2.86. The molecule has 0 aromatic heterocycles. The Labute approximate surface area is 127 Å². The maximum atomic E-state index is 11.8. The molecule has 2 aromatic carbocycles. The Kier molecular flexibility index (Phi) is 3.07. The van der Waals surface area contributed by atoms with Crippen LogP contribution < -0.4 is 10.4 Å². The second-order valence-corrected chi connectivity index (χ2v) is 10.8. The van der Waals surface area contributed by atoms with Gasteiger partial charge >= 0.3 is 0 Å². The number of carbonyl (C=O) groups is 1. The Balaban J connectivity index is 1.80. The van der Waals surface area contributed by atoms with E-state index in [0.717, 1.165) is 12.8 Å². The summed E-state index contributed by atoms with van der Waals surface area (Å²) < 4.78 is 0. The standard InChI is InChI=1S/C19H20OSi/c20-17-11-15-13-21(14-16(15)12-17,18-7-3-1-4-8-18)19-9-5-2-6-10-19/h1-10,15-16H,11-14H2/t15-,16-/m1/s1. The lowest BCUT2D eigenvalue weighted by Gasteiger charge is -2.29. The summed E-state index contributed by atoms with van der Waals surface area (Å²) in [6, 6.07) is 24.7. The molecule has 0 unspecified atom stereocenters. The summed E-state index contributed by atoms with van der Waals surface area (Å²) in [5.74, 6) is 1.78. The smallest absolute Gasteiger partial charge is 0.133 e. The molecule has 2 aliphatic rings. The van der Waals surface area contributed by atoms with Gasteiger partial charge in [0.15, 0.2) is 0 Å². The van der Waals surface area contributed by atoms with Crippen LogP contribution in [0.2, 0.25) is 12.1 Å². The van der Waals surface area contributed by atoms with Crippen molar-refractivity contribution in [2.24, 2.45) is 11.8 Å². The minimum Gasteiger partial charge on any atom is -0.300 e. The van der Waals surface area contributed by atoms with E-state index < -0.39 is 8.07 Å². The summed E-state index contributed by atoms with van der Waals surface area (Å²) in [6.45, 7) is 0. The van der Waals surface area contributed by atoms with Crippen LogP contribution in [0.5, 0.6) is 0 Å². The first-order chi connectivity index (χ1) is 10.3. The fraction of sp³-hybridized carbons (Fsp3) is 0.316. The Hall–Kier alpha value is -1.67. The fourth-order valence-corrected chi connectivity index (χ4v) is 10.5. The largest absolute Gasteiger partial charge is 0.300 e. The van der Waals surface area contributed by atoms with Crippen molar-refractivity contribution in [3.8, 4) is 0 Å². The monoisotopic (exact) mass is 292 g/mol. The molecule has 1 saturated carbocycles. The molecule has 1 saturated heterocycles. The molecule has 21 heavy (non-hydrogen) atoms. The van der Waals surface area contributed by atoms with Crippen LogP contribution in [-0.4, -0.2) is 13.9 Å². The van der Waals surface area contributed by atoms with Gasteiger partial charge in [0.05, 0.1) is 0 Å². The summed E-state index contributed by atoms with van der Waals surface area (Å²) >= 11 is 0. The lowest BCUT2D eigenvalue weighted by atomic mass is 10.0. The highest BCUT2D eigenvalue weighted by atomic mass is 28.3. The lowest BCUT2D eigenvalue weighted by Crippen LogP contribution is -2.56. The Morgan fingerprint density at radius 3 is 1.57 bits per heavy atom. The van der Waals surface area contributed by atoms with E-state index in [4.69, 9.17) is 0 Å². The maximum absolute atomic E-state index is 11.8. The lowest BCUT2D eigenvalue weighted by molar-refractivity contribution is -0.117. The molecule has 1 nitrogen and oxygen atoms in total.